The number of hydrogen-bond donors (Lipinski definition) is 1. The lowest BCUT2D eigenvalue weighted by molar-refractivity contribution is 0.0696. The summed E-state index contributed by atoms with van der Waals surface area (Å²) in [6, 6.07) is 12.4. The summed E-state index contributed by atoms with van der Waals surface area (Å²) in [5.74, 6) is 0.438. The molecule has 0 aromatic heterocycles. The van der Waals surface area contributed by atoms with Gasteiger partial charge in [-0.2, -0.15) is 0 Å². The molecule has 0 saturated heterocycles. The number of carboxylic acids is 1. The van der Waals surface area contributed by atoms with Crippen LogP contribution in [0.15, 0.2) is 42.5 Å². The molecule has 2 rings (SSSR count). The summed E-state index contributed by atoms with van der Waals surface area (Å²) in [6.45, 7) is 4.76. The predicted molar refractivity (Wildman–Crippen MR) is 80.3 cm³/mol. The van der Waals surface area contributed by atoms with Crippen LogP contribution in [-0.4, -0.2) is 24.3 Å². The zero-order valence-electron chi connectivity index (χ0n) is 12.1. The van der Waals surface area contributed by atoms with Gasteiger partial charge in [-0.1, -0.05) is 24.3 Å². The molecule has 1 N–H and O–H groups in total. The molecule has 0 bridgehead atoms. The highest BCUT2D eigenvalue weighted by molar-refractivity contribution is 5.87. The number of carbonyl (C=O) groups is 1. The Balaban J connectivity index is 1.88. The maximum Gasteiger partial charge on any atom is 0.335 e. The standard InChI is InChI=1S/C17H18O4/c1-12-5-3-6-13(2)16(12)21-10-9-20-15-8-4-7-14(11-15)17(18)19/h3-8,11H,9-10H2,1-2H3,(H,18,19). The van der Waals surface area contributed by atoms with Gasteiger partial charge in [0, 0.05) is 0 Å². The molecular formula is C17H18O4. The monoisotopic (exact) mass is 286 g/mol. The van der Waals surface area contributed by atoms with Crippen molar-refractivity contribution < 1.29 is 19.4 Å². The van der Waals surface area contributed by atoms with Crippen LogP contribution in [0.25, 0.3) is 0 Å². The summed E-state index contributed by atoms with van der Waals surface area (Å²) in [7, 11) is 0. The van der Waals surface area contributed by atoms with Crippen molar-refractivity contribution in [2.24, 2.45) is 0 Å². The predicted octanol–water partition coefficient (Wildman–Crippen LogP) is 3.46. The SMILES string of the molecule is Cc1cccc(C)c1OCCOc1cccc(C(=O)O)c1. The molecule has 110 valence electrons. The number of benzene rings is 2. The Morgan fingerprint density at radius 2 is 1.62 bits per heavy atom. The average molecular weight is 286 g/mol. The first-order chi connectivity index (χ1) is 10.1. The number of rotatable bonds is 6. The van der Waals surface area contributed by atoms with Crippen LogP contribution in [-0.2, 0) is 0 Å². The van der Waals surface area contributed by atoms with Crippen molar-refractivity contribution >= 4 is 5.97 Å². The Morgan fingerprint density at radius 1 is 1.00 bits per heavy atom. The second-order valence-corrected chi connectivity index (χ2v) is 4.75. The zero-order valence-corrected chi connectivity index (χ0v) is 12.1. The largest absolute Gasteiger partial charge is 0.490 e. The van der Waals surface area contributed by atoms with E-state index in [4.69, 9.17) is 14.6 Å². The molecule has 0 aliphatic heterocycles. The molecule has 2 aromatic rings. The molecule has 0 spiro atoms. The van der Waals surface area contributed by atoms with Crippen LogP contribution in [0, 0.1) is 13.8 Å². The van der Waals surface area contributed by atoms with Gasteiger partial charge in [0.05, 0.1) is 5.56 Å². The minimum absolute atomic E-state index is 0.211. The lowest BCUT2D eigenvalue weighted by Crippen LogP contribution is -2.10. The average Bonchev–Trinajstić information content (AvgIpc) is 2.46. The van der Waals surface area contributed by atoms with Gasteiger partial charge in [0.2, 0.25) is 0 Å². The third-order valence-electron chi connectivity index (χ3n) is 3.09. The molecule has 0 radical (unpaired) electrons. The summed E-state index contributed by atoms with van der Waals surface area (Å²) in [4.78, 5) is 10.9. The number of aromatic carboxylic acids is 1. The van der Waals surface area contributed by atoms with Gasteiger partial charge in [0.15, 0.2) is 0 Å². The second-order valence-electron chi connectivity index (χ2n) is 4.75. The molecule has 0 fully saturated rings. The summed E-state index contributed by atoms with van der Waals surface area (Å²) in [6.07, 6.45) is 0. The van der Waals surface area contributed by atoms with Crippen molar-refractivity contribution in [1.82, 2.24) is 0 Å². The highest BCUT2D eigenvalue weighted by Crippen LogP contribution is 2.22. The van der Waals surface area contributed by atoms with Crippen LogP contribution in [0.4, 0.5) is 0 Å². The van der Waals surface area contributed by atoms with Crippen LogP contribution in [0.2, 0.25) is 0 Å². The Morgan fingerprint density at radius 3 is 2.29 bits per heavy atom. The zero-order chi connectivity index (χ0) is 15.2. The number of hydrogen-bond acceptors (Lipinski definition) is 3. The fourth-order valence-corrected chi connectivity index (χ4v) is 2.05. The van der Waals surface area contributed by atoms with Crippen LogP contribution in [0.1, 0.15) is 21.5 Å². The number of carboxylic acid groups (broad SMARTS) is 1. The molecule has 4 nitrogen and oxygen atoms in total. The lowest BCUT2D eigenvalue weighted by atomic mass is 10.1. The highest BCUT2D eigenvalue weighted by atomic mass is 16.5. The Hall–Kier alpha value is -2.49. The number of para-hydroxylation sites is 1. The van der Waals surface area contributed by atoms with E-state index in [9.17, 15) is 4.79 Å². The maximum atomic E-state index is 10.9. The van der Waals surface area contributed by atoms with Crippen molar-refractivity contribution in [3.05, 3.63) is 59.2 Å². The summed E-state index contributed by atoms with van der Waals surface area (Å²) in [5, 5.41) is 8.91. The minimum Gasteiger partial charge on any atom is -0.490 e. The molecule has 0 saturated carbocycles. The maximum absolute atomic E-state index is 10.9. The van der Waals surface area contributed by atoms with Crippen molar-refractivity contribution in [3.63, 3.8) is 0 Å². The van der Waals surface area contributed by atoms with Gasteiger partial charge in [-0.05, 0) is 43.2 Å². The minimum atomic E-state index is -0.966. The summed E-state index contributed by atoms with van der Waals surface area (Å²) in [5.41, 5.74) is 2.38. The van der Waals surface area contributed by atoms with Crippen LogP contribution >= 0.6 is 0 Å². The number of aryl methyl sites for hydroxylation is 2. The lowest BCUT2D eigenvalue weighted by Gasteiger charge is -2.12. The van der Waals surface area contributed by atoms with Crippen molar-refractivity contribution in [2.45, 2.75) is 13.8 Å². The molecule has 0 aliphatic rings. The van der Waals surface area contributed by atoms with E-state index in [2.05, 4.69) is 0 Å². The first kappa shape index (κ1) is 14.9. The quantitative estimate of drug-likeness (QED) is 0.826. The molecule has 0 amide bonds. The van der Waals surface area contributed by atoms with E-state index in [0.29, 0.717) is 19.0 Å². The van der Waals surface area contributed by atoms with Crippen molar-refractivity contribution in [3.8, 4) is 11.5 Å². The second kappa shape index (κ2) is 6.79. The van der Waals surface area contributed by atoms with E-state index in [0.717, 1.165) is 16.9 Å². The number of ether oxygens (including phenoxy) is 2. The third-order valence-corrected chi connectivity index (χ3v) is 3.09. The Bertz CT molecular complexity index is 614. The first-order valence-electron chi connectivity index (χ1n) is 6.73. The highest BCUT2D eigenvalue weighted by Gasteiger charge is 2.05. The molecule has 0 atom stereocenters. The van der Waals surface area contributed by atoms with Crippen LogP contribution in [0.3, 0.4) is 0 Å². The molecule has 21 heavy (non-hydrogen) atoms. The van der Waals surface area contributed by atoms with Gasteiger partial charge in [0.1, 0.15) is 24.7 Å². The third kappa shape index (κ3) is 3.99. The van der Waals surface area contributed by atoms with E-state index in [1.165, 1.54) is 12.1 Å². The molecule has 2 aromatic carbocycles. The smallest absolute Gasteiger partial charge is 0.335 e. The van der Waals surface area contributed by atoms with Gasteiger partial charge < -0.3 is 14.6 Å². The molecule has 0 heterocycles. The summed E-state index contributed by atoms with van der Waals surface area (Å²) < 4.78 is 11.2. The van der Waals surface area contributed by atoms with E-state index < -0.39 is 5.97 Å². The summed E-state index contributed by atoms with van der Waals surface area (Å²) >= 11 is 0. The van der Waals surface area contributed by atoms with Gasteiger partial charge >= 0.3 is 5.97 Å². The van der Waals surface area contributed by atoms with Gasteiger partial charge in [-0.25, -0.2) is 4.79 Å². The van der Waals surface area contributed by atoms with E-state index in [-0.39, 0.29) is 5.56 Å². The first-order valence-corrected chi connectivity index (χ1v) is 6.73. The molecule has 0 aliphatic carbocycles. The van der Waals surface area contributed by atoms with Crippen LogP contribution in [0.5, 0.6) is 11.5 Å². The van der Waals surface area contributed by atoms with Gasteiger partial charge in [0.25, 0.3) is 0 Å². The van der Waals surface area contributed by atoms with Gasteiger partial charge in [-0.15, -0.1) is 0 Å². The Labute approximate surface area is 123 Å². The molecular weight excluding hydrogens is 268 g/mol. The normalized spacial score (nSPS) is 10.2. The molecule has 0 unspecified atom stereocenters. The van der Waals surface area contributed by atoms with Crippen LogP contribution < -0.4 is 9.47 Å². The van der Waals surface area contributed by atoms with Crippen molar-refractivity contribution in [1.29, 1.82) is 0 Å². The Kier molecular flexibility index (Phi) is 4.82. The van der Waals surface area contributed by atoms with Crippen molar-refractivity contribution in [2.75, 3.05) is 13.2 Å². The fraction of sp³-hybridized carbons (Fsp3) is 0.235. The van der Waals surface area contributed by atoms with E-state index in [1.54, 1.807) is 12.1 Å². The fourth-order valence-electron chi connectivity index (χ4n) is 2.05. The van der Waals surface area contributed by atoms with E-state index in [1.807, 2.05) is 32.0 Å². The van der Waals surface area contributed by atoms with E-state index >= 15 is 0 Å². The van der Waals surface area contributed by atoms with Gasteiger partial charge in [-0.3, -0.25) is 0 Å². The molecule has 4 heteroatoms. The topological polar surface area (TPSA) is 55.8 Å².